The number of benzene rings is 1. The largest absolute Gasteiger partial charge is 0.399 e. The van der Waals surface area contributed by atoms with Crippen molar-refractivity contribution in [1.82, 2.24) is 9.78 Å². The Hall–Kier alpha value is -2.10. The van der Waals surface area contributed by atoms with Crippen molar-refractivity contribution in [3.8, 4) is 0 Å². The van der Waals surface area contributed by atoms with Gasteiger partial charge in [-0.3, -0.25) is 9.48 Å². The zero-order valence-electron chi connectivity index (χ0n) is 11.0. The molecule has 3 rings (SSSR count). The van der Waals surface area contributed by atoms with Crippen LogP contribution in [0.15, 0.2) is 36.5 Å². The highest BCUT2D eigenvalue weighted by Crippen LogP contribution is 2.49. The molecule has 0 radical (unpaired) electrons. The lowest BCUT2D eigenvalue weighted by Gasteiger charge is -2.14. The fraction of sp³-hybridized carbons (Fsp3) is 0.333. The maximum Gasteiger partial charge on any atom is 0.149 e. The molecule has 4 nitrogen and oxygen atoms in total. The number of nitrogens with zero attached hydrogens (tertiary/aromatic N) is 2. The molecule has 0 saturated heterocycles. The normalized spacial score (nSPS) is 16.3. The van der Waals surface area contributed by atoms with Gasteiger partial charge in [0.1, 0.15) is 5.78 Å². The molecular formula is C15H17N3O. The number of Topliss-reactive ketones (excluding diaryl/α,β-unsaturated/α-hetero) is 1. The van der Waals surface area contributed by atoms with E-state index in [0.29, 0.717) is 6.42 Å². The number of hydrogen-bond acceptors (Lipinski definition) is 3. The first kappa shape index (κ1) is 12.0. The van der Waals surface area contributed by atoms with E-state index in [4.69, 9.17) is 5.73 Å². The molecule has 1 saturated carbocycles. The Morgan fingerprint density at radius 3 is 2.53 bits per heavy atom. The third-order valence-electron chi connectivity index (χ3n) is 3.86. The van der Waals surface area contributed by atoms with Crippen LogP contribution in [0.3, 0.4) is 0 Å². The van der Waals surface area contributed by atoms with Gasteiger partial charge < -0.3 is 5.73 Å². The Labute approximate surface area is 112 Å². The van der Waals surface area contributed by atoms with E-state index in [1.165, 1.54) is 0 Å². The summed E-state index contributed by atoms with van der Waals surface area (Å²) >= 11 is 0. The summed E-state index contributed by atoms with van der Waals surface area (Å²) in [5.74, 6) is 0.260. The third-order valence-corrected chi connectivity index (χ3v) is 3.86. The molecule has 98 valence electrons. The Morgan fingerprint density at radius 2 is 2.00 bits per heavy atom. The molecule has 0 bridgehead atoms. The van der Waals surface area contributed by atoms with E-state index in [1.54, 1.807) is 4.68 Å². The SMILES string of the molecule is Cn1ccc(CC(=O)C2(c3ccc(N)cc3)CC2)n1. The summed E-state index contributed by atoms with van der Waals surface area (Å²) in [5, 5.41) is 4.28. The van der Waals surface area contributed by atoms with Crippen molar-refractivity contribution in [3.63, 3.8) is 0 Å². The summed E-state index contributed by atoms with van der Waals surface area (Å²) in [6.45, 7) is 0. The predicted octanol–water partition coefficient (Wildman–Crippen LogP) is 1.85. The molecule has 0 unspecified atom stereocenters. The second-order valence-electron chi connectivity index (χ2n) is 5.28. The van der Waals surface area contributed by atoms with Gasteiger partial charge >= 0.3 is 0 Å². The van der Waals surface area contributed by atoms with Crippen LogP contribution in [0.25, 0.3) is 0 Å². The fourth-order valence-electron chi connectivity index (χ4n) is 2.55. The number of carbonyl (C=O) groups is 1. The summed E-state index contributed by atoms with van der Waals surface area (Å²) in [6.07, 6.45) is 4.14. The van der Waals surface area contributed by atoms with Gasteiger partial charge in [0.05, 0.1) is 17.5 Å². The van der Waals surface area contributed by atoms with E-state index in [9.17, 15) is 4.79 Å². The highest BCUT2D eigenvalue weighted by atomic mass is 16.1. The lowest BCUT2D eigenvalue weighted by atomic mass is 9.89. The zero-order valence-corrected chi connectivity index (χ0v) is 11.0. The summed E-state index contributed by atoms with van der Waals surface area (Å²) in [6, 6.07) is 9.57. The standard InChI is InChI=1S/C15H17N3O/c1-18-9-6-13(17-18)10-14(19)15(7-8-15)11-2-4-12(16)5-3-11/h2-6,9H,7-8,10,16H2,1H3. The van der Waals surface area contributed by atoms with Crippen molar-refractivity contribution in [1.29, 1.82) is 0 Å². The van der Waals surface area contributed by atoms with Gasteiger partial charge in [-0.05, 0) is 36.6 Å². The number of hydrogen-bond donors (Lipinski definition) is 1. The molecule has 2 N–H and O–H groups in total. The van der Waals surface area contributed by atoms with Crippen LogP contribution in [0.5, 0.6) is 0 Å². The van der Waals surface area contributed by atoms with Crippen molar-refractivity contribution in [2.45, 2.75) is 24.7 Å². The molecule has 19 heavy (non-hydrogen) atoms. The zero-order chi connectivity index (χ0) is 13.5. The van der Waals surface area contributed by atoms with Gasteiger partial charge in [0.15, 0.2) is 0 Å². The van der Waals surface area contributed by atoms with Crippen LogP contribution in [0.4, 0.5) is 5.69 Å². The average molecular weight is 255 g/mol. The topological polar surface area (TPSA) is 60.9 Å². The van der Waals surface area contributed by atoms with Gasteiger partial charge in [-0.2, -0.15) is 5.10 Å². The number of ketones is 1. The molecule has 1 aromatic carbocycles. The molecular weight excluding hydrogens is 238 g/mol. The summed E-state index contributed by atoms with van der Waals surface area (Å²) in [5.41, 5.74) is 8.07. The summed E-state index contributed by atoms with van der Waals surface area (Å²) in [7, 11) is 1.86. The van der Waals surface area contributed by atoms with Crippen molar-refractivity contribution in [3.05, 3.63) is 47.8 Å². The molecule has 0 spiro atoms. The first-order valence-corrected chi connectivity index (χ1v) is 6.48. The Bertz CT molecular complexity index is 609. The van der Waals surface area contributed by atoms with Crippen molar-refractivity contribution in [2.75, 3.05) is 5.73 Å². The van der Waals surface area contributed by atoms with E-state index < -0.39 is 0 Å². The fourth-order valence-corrected chi connectivity index (χ4v) is 2.55. The van der Waals surface area contributed by atoms with Gasteiger partial charge in [0, 0.05) is 18.9 Å². The quantitative estimate of drug-likeness (QED) is 0.848. The van der Waals surface area contributed by atoms with Crippen molar-refractivity contribution in [2.24, 2.45) is 7.05 Å². The molecule has 1 aliphatic carbocycles. The smallest absolute Gasteiger partial charge is 0.149 e. The number of rotatable bonds is 4. The van der Waals surface area contributed by atoms with Crippen LogP contribution in [0.2, 0.25) is 0 Å². The number of anilines is 1. The van der Waals surface area contributed by atoms with Gasteiger partial charge in [-0.25, -0.2) is 0 Å². The van der Waals surface area contributed by atoms with E-state index in [-0.39, 0.29) is 11.2 Å². The predicted molar refractivity (Wildman–Crippen MR) is 73.7 cm³/mol. The average Bonchev–Trinajstić information content (AvgIpc) is 3.10. The number of nitrogen functional groups attached to an aromatic ring is 1. The summed E-state index contributed by atoms with van der Waals surface area (Å²) in [4.78, 5) is 12.5. The van der Waals surface area contributed by atoms with Gasteiger partial charge in [-0.15, -0.1) is 0 Å². The highest BCUT2D eigenvalue weighted by molar-refractivity contribution is 5.94. The number of aromatic nitrogens is 2. The number of carbonyl (C=O) groups excluding carboxylic acids is 1. The van der Waals surface area contributed by atoms with E-state index >= 15 is 0 Å². The molecule has 4 heteroatoms. The molecule has 0 aliphatic heterocycles. The maximum atomic E-state index is 12.5. The van der Waals surface area contributed by atoms with Crippen LogP contribution in [-0.2, 0) is 23.7 Å². The van der Waals surface area contributed by atoms with Crippen molar-refractivity contribution >= 4 is 11.5 Å². The molecule has 1 fully saturated rings. The third kappa shape index (κ3) is 2.14. The molecule has 0 atom stereocenters. The van der Waals surface area contributed by atoms with Crippen LogP contribution in [0, 0.1) is 0 Å². The van der Waals surface area contributed by atoms with Crippen LogP contribution in [-0.4, -0.2) is 15.6 Å². The molecule has 0 amide bonds. The van der Waals surface area contributed by atoms with E-state index in [2.05, 4.69) is 5.10 Å². The van der Waals surface area contributed by atoms with Crippen LogP contribution in [0.1, 0.15) is 24.1 Å². The Balaban J connectivity index is 1.81. The minimum atomic E-state index is -0.286. The van der Waals surface area contributed by atoms with Gasteiger partial charge in [-0.1, -0.05) is 12.1 Å². The summed E-state index contributed by atoms with van der Waals surface area (Å²) < 4.78 is 1.73. The molecule has 1 aromatic heterocycles. The van der Waals surface area contributed by atoms with Gasteiger partial charge in [0.2, 0.25) is 0 Å². The lowest BCUT2D eigenvalue weighted by molar-refractivity contribution is -0.120. The Kier molecular flexibility index (Phi) is 2.66. The number of nitrogens with two attached hydrogens (primary N) is 1. The van der Waals surface area contributed by atoms with E-state index in [1.807, 2.05) is 43.6 Å². The van der Waals surface area contributed by atoms with Crippen molar-refractivity contribution < 1.29 is 4.79 Å². The first-order chi connectivity index (χ1) is 9.10. The highest BCUT2D eigenvalue weighted by Gasteiger charge is 2.50. The minimum absolute atomic E-state index is 0.260. The monoisotopic (exact) mass is 255 g/mol. The minimum Gasteiger partial charge on any atom is -0.399 e. The Morgan fingerprint density at radius 1 is 1.32 bits per heavy atom. The maximum absolute atomic E-state index is 12.5. The number of aryl methyl sites for hydroxylation is 1. The lowest BCUT2D eigenvalue weighted by Crippen LogP contribution is -2.22. The second-order valence-corrected chi connectivity index (χ2v) is 5.28. The van der Waals surface area contributed by atoms with Crippen LogP contribution < -0.4 is 5.73 Å². The van der Waals surface area contributed by atoms with E-state index in [0.717, 1.165) is 29.8 Å². The second kappa shape index (κ2) is 4.23. The molecule has 1 heterocycles. The molecule has 2 aromatic rings. The van der Waals surface area contributed by atoms with Crippen LogP contribution >= 0.6 is 0 Å². The molecule has 1 aliphatic rings. The van der Waals surface area contributed by atoms with Gasteiger partial charge in [0.25, 0.3) is 0 Å². The first-order valence-electron chi connectivity index (χ1n) is 6.48.